The van der Waals surface area contributed by atoms with Gasteiger partial charge in [-0.25, -0.2) is 22.5 Å². The Labute approximate surface area is 131 Å². The largest absolute Gasteiger partial charge is 0.291 e. The maximum absolute atomic E-state index is 13.0. The Balaban J connectivity index is 2.04. The molecule has 0 radical (unpaired) electrons. The van der Waals surface area contributed by atoms with E-state index in [2.05, 4.69) is 15.3 Å². The molecule has 0 unspecified atom stereocenters. The fraction of sp³-hybridized carbons (Fsp3) is 0. The van der Waals surface area contributed by atoms with Crippen molar-refractivity contribution < 1.29 is 12.8 Å². The fourth-order valence-electron chi connectivity index (χ4n) is 2.25. The number of aromatic amines is 1. The zero-order valence-corrected chi connectivity index (χ0v) is 12.9. The van der Waals surface area contributed by atoms with Gasteiger partial charge in [0.25, 0.3) is 5.56 Å². The third kappa shape index (κ3) is 1.99. The number of rotatable bonds is 2. The van der Waals surface area contributed by atoms with Gasteiger partial charge in [-0.3, -0.25) is 4.79 Å². The van der Waals surface area contributed by atoms with Gasteiger partial charge in [-0.05, 0) is 35.7 Å². The number of nitrogens with one attached hydrogen (secondary N) is 1. The molecule has 0 saturated heterocycles. The number of halogens is 1. The van der Waals surface area contributed by atoms with Gasteiger partial charge in [-0.2, -0.15) is 4.98 Å². The van der Waals surface area contributed by atoms with Crippen molar-refractivity contribution in [2.75, 3.05) is 0 Å². The Morgan fingerprint density at radius 3 is 2.65 bits per heavy atom. The van der Waals surface area contributed by atoms with Gasteiger partial charge >= 0.3 is 0 Å². The Morgan fingerprint density at radius 1 is 1.17 bits per heavy atom. The summed E-state index contributed by atoms with van der Waals surface area (Å²) in [7, 11) is -4.04. The maximum atomic E-state index is 13.0. The number of fused-ring (bicyclic) bond motifs is 3. The van der Waals surface area contributed by atoms with Crippen molar-refractivity contribution in [2.24, 2.45) is 0 Å². The molecule has 23 heavy (non-hydrogen) atoms. The van der Waals surface area contributed by atoms with Gasteiger partial charge < -0.3 is 0 Å². The first-order valence-electron chi connectivity index (χ1n) is 6.33. The number of benzene rings is 1. The first-order valence-corrected chi connectivity index (χ1v) is 8.70. The molecule has 0 atom stereocenters. The summed E-state index contributed by atoms with van der Waals surface area (Å²) in [5.41, 5.74) is -0.116. The van der Waals surface area contributed by atoms with Crippen LogP contribution in [0.25, 0.3) is 15.9 Å². The second-order valence-corrected chi connectivity index (χ2v) is 7.47. The van der Waals surface area contributed by atoms with Crippen LogP contribution in [0, 0.1) is 5.82 Å². The number of thiophene rings is 1. The lowest BCUT2D eigenvalue weighted by Gasteiger charge is -2.01. The van der Waals surface area contributed by atoms with E-state index >= 15 is 0 Å². The molecule has 0 aliphatic carbocycles. The predicted molar refractivity (Wildman–Crippen MR) is 80.8 cm³/mol. The topological polar surface area (TPSA) is 97.2 Å². The van der Waals surface area contributed by atoms with Gasteiger partial charge in [0.2, 0.25) is 14.9 Å². The molecule has 0 amide bonds. The van der Waals surface area contributed by atoms with Crippen LogP contribution in [-0.4, -0.2) is 28.2 Å². The minimum absolute atomic E-state index is 0.0924. The number of aromatic nitrogens is 4. The summed E-state index contributed by atoms with van der Waals surface area (Å²) in [5.74, 6) is -0.551. The average molecular weight is 350 g/mol. The zero-order valence-electron chi connectivity index (χ0n) is 11.2. The molecule has 3 heterocycles. The van der Waals surface area contributed by atoms with Crippen LogP contribution < -0.4 is 5.56 Å². The average Bonchev–Trinajstić information content (AvgIpc) is 3.14. The van der Waals surface area contributed by atoms with E-state index in [1.54, 1.807) is 11.4 Å². The quantitative estimate of drug-likeness (QED) is 0.554. The summed E-state index contributed by atoms with van der Waals surface area (Å²) in [6.07, 6.45) is 0. The van der Waals surface area contributed by atoms with Gasteiger partial charge in [0.15, 0.2) is 5.65 Å². The van der Waals surface area contributed by atoms with Crippen LogP contribution in [0.15, 0.2) is 50.4 Å². The lowest BCUT2D eigenvalue weighted by Crippen LogP contribution is -2.10. The summed E-state index contributed by atoms with van der Waals surface area (Å²) < 4.78 is 40.0. The van der Waals surface area contributed by atoms with Crippen molar-refractivity contribution >= 4 is 37.0 Å². The zero-order chi connectivity index (χ0) is 16.2. The molecular formula is C13H7FN4O3S2. The second kappa shape index (κ2) is 4.70. The van der Waals surface area contributed by atoms with E-state index in [-0.39, 0.29) is 15.6 Å². The molecule has 0 bridgehead atoms. The highest BCUT2D eigenvalue weighted by Gasteiger charge is 2.26. The maximum Gasteiger partial charge on any atom is 0.291 e. The molecule has 1 aromatic carbocycles. The lowest BCUT2D eigenvalue weighted by molar-refractivity contribution is 0.591. The molecule has 116 valence electrons. The molecule has 0 aliphatic rings. The third-order valence-electron chi connectivity index (χ3n) is 3.32. The number of hydrogen-bond donors (Lipinski definition) is 1. The van der Waals surface area contributed by atoms with Gasteiger partial charge in [0.1, 0.15) is 10.5 Å². The van der Waals surface area contributed by atoms with E-state index in [1.165, 1.54) is 15.9 Å². The van der Waals surface area contributed by atoms with E-state index in [0.717, 1.165) is 24.3 Å². The van der Waals surface area contributed by atoms with E-state index in [9.17, 15) is 17.6 Å². The van der Waals surface area contributed by atoms with E-state index in [0.29, 0.717) is 10.2 Å². The van der Waals surface area contributed by atoms with Crippen molar-refractivity contribution in [3.63, 3.8) is 0 Å². The highest BCUT2D eigenvalue weighted by atomic mass is 32.2. The summed E-state index contributed by atoms with van der Waals surface area (Å²) in [4.78, 5) is 15.7. The van der Waals surface area contributed by atoms with Gasteiger partial charge in [0.05, 0.1) is 10.4 Å². The molecule has 4 rings (SSSR count). The normalized spacial score (nSPS) is 12.2. The minimum Gasteiger partial charge on any atom is -0.266 e. The van der Waals surface area contributed by atoms with E-state index in [4.69, 9.17) is 0 Å². The van der Waals surface area contributed by atoms with Crippen LogP contribution in [0.5, 0.6) is 0 Å². The monoisotopic (exact) mass is 350 g/mol. The summed E-state index contributed by atoms with van der Waals surface area (Å²) in [5, 5.41) is 7.67. The van der Waals surface area contributed by atoms with Crippen LogP contribution in [0.1, 0.15) is 0 Å². The first-order chi connectivity index (χ1) is 11.0. The molecule has 0 fully saturated rings. The molecular weight excluding hydrogens is 343 g/mol. The molecule has 1 N–H and O–H groups in total. The number of sulfone groups is 1. The van der Waals surface area contributed by atoms with Crippen molar-refractivity contribution in [3.8, 4) is 0 Å². The van der Waals surface area contributed by atoms with Gasteiger partial charge in [-0.15, -0.1) is 16.4 Å². The minimum atomic E-state index is -4.04. The van der Waals surface area contributed by atoms with Crippen molar-refractivity contribution in [1.82, 2.24) is 19.8 Å². The number of H-pyrrole nitrogens is 1. The molecule has 0 spiro atoms. The summed E-state index contributed by atoms with van der Waals surface area (Å²) >= 11 is 1.21. The van der Waals surface area contributed by atoms with Crippen LogP contribution in [-0.2, 0) is 9.84 Å². The highest BCUT2D eigenvalue weighted by molar-refractivity contribution is 7.91. The van der Waals surface area contributed by atoms with Crippen LogP contribution in [0.3, 0.4) is 0 Å². The Kier molecular flexibility index (Phi) is 2.87. The lowest BCUT2D eigenvalue weighted by atomic mass is 10.4. The fourth-order valence-corrected chi connectivity index (χ4v) is 4.26. The van der Waals surface area contributed by atoms with Crippen molar-refractivity contribution in [1.29, 1.82) is 0 Å². The van der Waals surface area contributed by atoms with E-state index < -0.39 is 21.2 Å². The Hall–Kier alpha value is -2.59. The molecule has 3 aromatic heterocycles. The second-order valence-electron chi connectivity index (χ2n) is 4.69. The molecule has 10 heteroatoms. The van der Waals surface area contributed by atoms with Crippen LogP contribution >= 0.6 is 11.3 Å². The molecule has 0 saturated carbocycles. The molecule has 4 aromatic rings. The van der Waals surface area contributed by atoms with Crippen LogP contribution in [0.4, 0.5) is 4.39 Å². The molecule has 0 aliphatic heterocycles. The third-order valence-corrected chi connectivity index (χ3v) is 5.89. The summed E-state index contributed by atoms with van der Waals surface area (Å²) in [6, 6.07) is 6.02. The highest BCUT2D eigenvalue weighted by Crippen LogP contribution is 2.24. The van der Waals surface area contributed by atoms with E-state index in [1.807, 2.05) is 0 Å². The SMILES string of the molecule is O=c1nc2c(S(=O)(=O)c3ccc(F)cc3)n[nH]n2c2ccsc12. The van der Waals surface area contributed by atoms with Gasteiger partial charge in [0, 0.05) is 0 Å². The standard InChI is InChI=1S/C13H7FN4O3S2/c14-7-1-3-8(4-2-7)23(20,21)13-11-15-12(19)10-9(5-6-22-10)18(11)17-16-13/h1-6,17H. The first kappa shape index (κ1) is 14.0. The van der Waals surface area contributed by atoms with Gasteiger partial charge in [-0.1, -0.05) is 0 Å². The Morgan fingerprint density at radius 2 is 1.91 bits per heavy atom. The predicted octanol–water partition coefficient (Wildman–Crippen LogP) is 1.60. The Bertz CT molecular complexity index is 1210. The smallest absolute Gasteiger partial charge is 0.266 e. The molecule has 7 nitrogen and oxygen atoms in total. The number of nitrogens with zero attached hydrogens (tertiary/aromatic N) is 3. The number of hydrogen-bond acceptors (Lipinski definition) is 6. The van der Waals surface area contributed by atoms with Crippen molar-refractivity contribution in [2.45, 2.75) is 9.92 Å². The van der Waals surface area contributed by atoms with Crippen LogP contribution in [0.2, 0.25) is 0 Å². The summed E-state index contributed by atoms with van der Waals surface area (Å²) in [6.45, 7) is 0. The van der Waals surface area contributed by atoms with Crippen molar-refractivity contribution in [3.05, 3.63) is 51.9 Å².